The minimum absolute atomic E-state index is 0.158. The molecule has 0 spiro atoms. The van der Waals surface area contributed by atoms with E-state index in [1.807, 2.05) is 0 Å². The number of aliphatic hydroxyl groups is 1. The van der Waals surface area contributed by atoms with Crippen molar-refractivity contribution in [3.8, 4) is 0 Å². The van der Waals surface area contributed by atoms with Gasteiger partial charge in [0.05, 0.1) is 18.3 Å². The first-order chi connectivity index (χ1) is 10.5. The Morgan fingerprint density at radius 2 is 2.00 bits per heavy atom. The van der Waals surface area contributed by atoms with Gasteiger partial charge in [-0.25, -0.2) is 4.79 Å². The predicted molar refractivity (Wildman–Crippen MR) is 77.2 cm³/mol. The lowest BCUT2D eigenvalue weighted by Gasteiger charge is -2.32. The fourth-order valence-electron chi connectivity index (χ4n) is 3.38. The lowest BCUT2D eigenvalue weighted by atomic mass is 9.85. The van der Waals surface area contributed by atoms with Crippen molar-refractivity contribution >= 4 is 0 Å². The summed E-state index contributed by atoms with van der Waals surface area (Å²) in [5, 5.41) is 10.6. The van der Waals surface area contributed by atoms with E-state index in [4.69, 9.17) is 4.74 Å². The summed E-state index contributed by atoms with van der Waals surface area (Å²) in [5.41, 5.74) is -2.70. The van der Waals surface area contributed by atoms with Crippen LogP contribution in [0.2, 0.25) is 0 Å². The van der Waals surface area contributed by atoms with Crippen molar-refractivity contribution in [2.24, 2.45) is 0 Å². The molecule has 2 fully saturated rings. The van der Waals surface area contributed by atoms with Crippen LogP contribution in [0.5, 0.6) is 0 Å². The minimum atomic E-state index is -1.11. The van der Waals surface area contributed by atoms with Gasteiger partial charge in [-0.05, 0) is 25.7 Å². The first-order valence-corrected chi connectivity index (χ1v) is 7.86. The quantitative estimate of drug-likeness (QED) is 0.909. The molecule has 1 aliphatic heterocycles. The molecule has 1 saturated carbocycles. The van der Waals surface area contributed by atoms with Gasteiger partial charge in [-0.15, -0.1) is 0 Å². The Labute approximate surface area is 127 Å². The van der Waals surface area contributed by atoms with Gasteiger partial charge in [-0.3, -0.25) is 13.9 Å². The molecule has 1 N–H and O–H groups in total. The number of hydrogen-bond acceptors (Lipinski definition) is 4. The molecular weight excluding hydrogens is 291 g/mol. The molecule has 1 unspecified atom stereocenters. The third-order valence-corrected chi connectivity index (χ3v) is 4.61. The Balaban J connectivity index is 1.99. The van der Waals surface area contributed by atoms with E-state index in [0.29, 0.717) is 25.9 Å². The molecule has 1 aliphatic carbocycles. The summed E-state index contributed by atoms with van der Waals surface area (Å²) in [7, 11) is 0. The standard InChI is InChI=1S/C15H21FN2O4/c16-11-9-17(12-5-4-8-22-12)14(20)18(13(11)19)10-15(21)6-2-1-3-7-15/h9,12,21H,1-8,10H2. The van der Waals surface area contributed by atoms with Gasteiger partial charge in [0.25, 0.3) is 5.56 Å². The number of ether oxygens (including phenoxy) is 1. The summed E-state index contributed by atoms with van der Waals surface area (Å²) in [4.78, 5) is 24.5. The van der Waals surface area contributed by atoms with Crippen molar-refractivity contribution in [2.45, 2.75) is 63.3 Å². The number of aromatic nitrogens is 2. The summed E-state index contributed by atoms with van der Waals surface area (Å²) in [6.45, 7) is 0.358. The van der Waals surface area contributed by atoms with Gasteiger partial charge >= 0.3 is 5.69 Å². The largest absolute Gasteiger partial charge is 0.388 e. The molecule has 2 aliphatic rings. The molecule has 3 rings (SSSR count). The summed E-state index contributed by atoms with van der Waals surface area (Å²) in [6, 6.07) is 0. The lowest BCUT2D eigenvalue weighted by Crippen LogP contribution is -2.48. The number of halogens is 1. The van der Waals surface area contributed by atoms with Crippen LogP contribution in [0.4, 0.5) is 4.39 Å². The molecule has 1 atom stereocenters. The third kappa shape index (κ3) is 2.87. The Bertz CT molecular complexity index is 654. The van der Waals surface area contributed by atoms with Crippen LogP contribution in [0.15, 0.2) is 15.8 Å². The fourth-order valence-corrected chi connectivity index (χ4v) is 3.38. The molecule has 1 saturated heterocycles. The van der Waals surface area contributed by atoms with E-state index in [9.17, 15) is 19.1 Å². The van der Waals surface area contributed by atoms with Crippen molar-refractivity contribution in [3.05, 3.63) is 32.9 Å². The summed E-state index contributed by atoms with van der Waals surface area (Å²) >= 11 is 0. The Kier molecular flexibility index (Phi) is 4.18. The molecule has 7 heteroatoms. The maximum absolute atomic E-state index is 13.9. The predicted octanol–water partition coefficient (Wildman–Crippen LogP) is 1.15. The maximum atomic E-state index is 13.9. The molecule has 6 nitrogen and oxygen atoms in total. The Morgan fingerprint density at radius 3 is 2.64 bits per heavy atom. The van der Waals surface area contributed by atoms with Crippen LogP contribution in [0.25, 0.3) is 0 Å². The molecule has 122 valence electrons. The van der Waals surface area contributed by atoms with Crippen molar-refractivity contribution in [2.75, 3.05) is 6.61 Å². The molecule has 0 aromatic carbocycles. The molecule has 22 heavy (non-hydrogen) atoms. The molecule has 0 amide bonds. The Morgan fingerprint density at radius 1 is 1.27 bits per heavy atom. The number of hydrogen-bond donors (Lipinski definition) is 1. The van der Waals surface area contributed by atoms with Crippen molar-refractivity contribution in [1.29, 1.82) is 0 Å². The van der Waals surface area contributed by atoms with Crippen LogP contribution in [0.1, 0.15) is 51.2 Å². The van der Waals surface area contributed by atoms with E-state index in [-0.39, 0.29) is 6.54 Å². The van der Waals surface area contributed by atoms with Gasteiger partial charge in [0.2, 0.25) is 5.82 Å². The highest BCUT2D eigenvalue weighted by Gasteiger charge is 2.32. The van der Waals surface area contributed by atoms with Crippen LogP contribution in [0.3, 0.4) is 0 Å². The van der Waals surface area contributed by atoms with E-state index >= 15 is 0 Å². The van der Waals surface area contributed by atoms with Crippen LogP contribution < -0.4 is 11.2 Å². The van der Waals surface area contributed by atoms with Gasteiger partial charge in [-0.1, -0.05) is 19.3 Å². The summed E-state index contributed by atoms with van der Waals surface area (Å²) in [6.07, 6.45) is 5.56. The SMILES string of the molecule is O=c1c(F)cn(C2CCCO2)c(=O)n1CC1(O)CCCCC1. The van der Waals surface area contributed by atoms with Crippen molar-refractivity contribution < 1.29 is 14.2 Å². The van der Waals surface area contributed by atoms with Gasteiger partial charge in [-0.2, -0.15) is 4.39 Å². The Hall–Kier alpha value is -1.47. The smallest absolute Gasteiger partial charge is 0.333 e. The lowest BCUT2D eigenvalue weighted by molar-refractivity contribution is -0.0154. The van der Waals surface area contributed by atoms with Gasteiger partial charge in [0, 0.05) is 6.61 Å². The molecule has 0 radical (unpaired) electrons. The molecule has 2 heterocycles. The van der Waals surface area contributed by atoms with Crippen LogP contribution in [-0.2, 0) is 11.3 Å². The zero-order valence-electron chi connectivity index (χ0n) is 12.5. The van der Waals surface area contributed by atoms with Crippen molar-refractivity contribution in [1.82, 2.24) is 9.13 Å². The molecular formula is C15H21FN2O4. The van der Waals surface area contributed by atoms with Crippen LogP contribution in [0, 0.1) is 5.82 Å². The topological polar surface area (TPSA) is 73.5 Å². The van der Waals surface area contributed by atoms with E-state index < -0.39 is 28.9 Å². The number of rotatable bonds is 3. The highest BCUT2D eigenvalue weighted by Crippen LogP contribution is 2.29. The van der Waals surface area contributed by atoms with E-state index in [1.165, 1.54) is 0 Å². The molecule has 1 aromatic rings. The highest BCUT2D eigenvalue weighted by atomic mass is 19.1. The maximum Gasteiger partial charge on any atom is 0.333 e. The van der Waals surface area contributed by atoms with Gasteiger partial charge in [0.1, 0.15) is 6.23 Å². The molecule has 0 bridgehead atoms. The highest BCUT2D eigenvalue weighted by molar-refractivity contribution is 4.94. The average molecular weight is 312 g/mol. The second-order valence-electron chi connectivity index (χ2n) is 6.31. The van der Waals surface area contributed by atoms with Crippen LogP contribution in [-0.4, -0.2) is 26.4 Å². The first-order valence-electron chi connectivity index (χ1n) is 7.86. The van der Waals surface area contributed by atoms with Crippen molar-refractivity contribution in [3.63, 3.8) is 0 Å². The molecule has 1 aromatic heterocycles. The first kappa shape index (κ1) is 15.4. The monoisotopic (exact) mass is 312 g/mol. The summed E-state index contributed by atoms with van der Waals surface area (Å²) < 4.78 is 21.3. The normalized spacial score (nSPS) is 24.5. The second kappa shape index (κ2) is 5.96. The van der Waals surface area contributed by atoms with E-state index in [2.05, 4.69) is 0 Å². The van der Waals surface area contributed by atoms with Gasteiger partial charge in [0.15, 0.2) is 0 Å². The average Bonchev–Trinajstić information content (AvgIpc) is 3.02. The third-order valence-electron chi connectivity index (χ3n) is 4.61. The second-order valence-corrected chi connectivity index (χ2v) is 6.31. The summed E-state index contributed by atoms with van der Waals surface area (Å²) in [5.74, 6) is -0.991. The van der Waals surface area contributed by atoms with E-state index in [1.54, 1.807) is 0 Å². The zero-order chi connectivity index (χ0) is 15.7. The van der Waals surface area contributed by atoms with E-state index in [0.717, 1.165) is 41.0 Å². The zero-order valence-corrected chi connectivity index (χ0v) is 12.5. The fraction of sp³-hybridized carbons (Fsp3) is 0.733. The number of nitrogens with zero attached hydrogens (tertiary/aromatic N) is 2. The van der Waals surface area contributed by atoms with Gasteiger partial charge < -0.3 is 9.84 Å². The minimum Gasteiger partial charge on any atom is -0.388 e. The van der Waals surface area contributed by atoms with Crippen LogP contribution >= 0.6 is 0 Å².